The largest absolute Gasteiger partial charge is 0.271 e. The van der Waals surface area contributed by atoms with Gasteiger partial charge in [0.2, 0.25) is 0 Å². The van der Waals surface area contributed by atoms with Crippen molar-refractivity contribution >= 4 is 34.8 Å². The van der Waals surface area contributed by atoms with Crippen LogP contribution in [0.15, 0.2) is 36.4 Å². The van der Waals surface area contributed by atoms with E-state index in [1.165, 1.54) is 6.07 Å². The number of hydrazine groups is 1. The lowest BCUT2D eigenvalue weighted by Crippen LogP contribution is -2.30. The van der Waals surface area contributed by atoms with Crippen molar-refractivity contribution in [3.63, 3.8) is 0 Å². The fraction of sp³-hybridized carbons (Fsp3) is 0.143. The molecule has 0 bridgehead atoms. The first-order valence-electron chi connectivity index (χ1n) is 5.86. The number of benzene rings is 2. The first kappa shape index (κ1) is 15.5. The third kappa shape index (κ3) is 3.62. The molecule has 2 rings (SSSR count). The Morgan fingerprint density at radius 3 is 2.35 bits per heavy atom. The van der Waals surface area contributed by atoms with Crippen LogP contribution in [0.4, 0.5) is 4.39 Å². The number of nitrogens with two attached hydrogens (primary N) is 1. The average molecular weight is 334 g/mol. The molecule has 1 unspecified atom stereocenters. The maximum Gasteiger partial charge on any atom is 0.129 e. The fourth-order valence-corrected chi connectivity index (χ4v) is 2.51. The van der Waals surface area contributed by atoms with E-state index in [0.29, 0.717) is 27.1 Å². The summed E-state index contributed by atoms with van der Waals surface area (Å²) in [7, 11) is 0. The van der Waals surface area contributed by atoms with E-state index in [1.807, 2.05) is 0 Å². The molecule has 0 aliphatic heterocycles. The quantitative estimate of drug-likeness (QED) is 0.637. The Balaban J connectivity index is 2.31. The van der Waals surface area contributed by atoms with Crippen LogP contribution in [0, 0.1) is 5.82 Å². The lowest BCUT2D eigenvalue weighted by atomic mass is 9.99. The molecule has 0 aliphatic carbocycles. The van der Waals surface area contributed by atoms with E-state index in [2.05, 4.69) is 5.43 Å². The monoisotopic (exact) mass is 332 g/mol. The Morgan fingerprint density at radius 2 is 1.70 bits per heavy atom. The lowest BCUT2D eigenvalue weighted by Gasteiger charge is -2.18. The number of rotatable bonds is 4. The number of halogens is 4. The molecule has 0 aliphatic rings. The van der Waals surface area contributed by atoms with Gasteiger partial charge in [-0.25, -0.2) is 4.39 Å². The zero-order valence-corrected chi connectivity index (χ0v) is 12.6. The molecule has 20 heavy (non-hydrogen) atoms. The number of hydrogen-bond acceptors (Lipinski definition) is 2. The van der Waals surface area contributed by atoms with Gasteiger partial charge in [0.15, 0.2) is 0 Å². The molecule has 6 heteroatoms. The van der Waals surface area contributed by atoms with Crippen molar-refractivity contribution in [2.24, 2.45) is 5.84 Å². The summed E-state index contributed by atoms with van der Waals surface area (Å²) in [5.41, 5.74) is 3.80. The summed E-state index contributed by atoms with van der Waals surface area (Å²) >= 11 is 17.8. The van der Waals surface area contributed by atoms with Crippen molar-refractivity contribution in [2.45, 2.75) is 12.5 Å². The minimum Gasteiger partial charge on any atom is -0.271 e. The molecule has 0 saturated carbocycles. The van der Waals surface area contributed by atoms with Gasteiger partial charge in [-0.3, -0.25) is 11.3 Å². The Kier molecular flexibility index (Phi) is 5.24. The van der Waals surface area contributed by atoms with Crippen LogP contribution in [0.2, 0.25) is 15.1 Å². The molecule has 3 N–H and O–H groups in total. The van der Waals surface area contributed by atoms with Crippen LogP contribution in [0.25, 0.3) is 0 Å². The first-order chi connectivity index (χ1) is 9.51. The smallest absolute Gasteiger partial charge is 0.129 e. The van der Waals surface area contributed by atoms with Crippen LogP contribution < -0.4 is 11.3 Å². The Morgan fingerprint density at radius 1 is 1.05 bits per heavy atom. The van der Waals surface area contributed by atoms with Crippen LogP contribution in [-0.2, 0) is 6.42 Å². The van der Waals surface area contributed by atoms with Crippen molar-refractivity contribution < 1.29 is 4.39 Å². The highest BCUT2D eigenvalue weighted by Crippen LogP contribution is 2.28. The third-order valence-corrected chi connectivity index (χ3v) is 3.81. The van der Waals surface area contributed by atoms with Gasteiger partial charge in [0.05, 0.1) is 6.04 Å². The highest BCUT2D eigenvalue weighted by molar-refractivity contribution is 6.33. The molecule has 0 heterocycles. The minimum absolute atomic E-state index is 0.336. The van der Waals surface area contributed by atoms with Crippen LogP contribution in [0.1, 0.15) is 17.2 Å². The Labute approximate surface area is 131 Å². The van der Waals surface area contributed by atoms with E-state index < -0.39 is 11.9 Å². The highest BCUT2D eigenvalue weighted by atomic mass is 35.5. The zero-order chi connectivity index (χ0) is 14.7. The standard InChI is InChI=1S/C14H12Cl3FN2/c15-9-2-4-12(17)8(5-9)6-14(20-19)11-3-1-10(16)7-13(11)18/h1-5,7,14,20H,6,19H2. The van der Waals surface area contributed by atoms with Crippen LogP contribution in [-0.4, -0.2) is 0 Å². The van der Waals surface area contributed by atoms with Gasteiger partial charge in [-0.15, -0.1) is 0 Å². The molecule has 2 aromatic carbocycles. The maximum atomic E-state index is 13.9. The van der Waals surface area contributed by atoms with Gasteiger partial charge in [0.25, 0.3) is 0 Å². The highest BCUT2D eigenvalue weighted by Gasteiger charge is 2.17. The molecule has 0 saturated heterocycles. The molecule has 2 nitrogen and oxygen atoms in total. The zero-order valence-electron chi connectivity index (χ0n) is 10.3. The molecule has 0 fully saturated rings. The summed E-state index contributed by atoms with van der Waals surface area (Å²) in [6.45, 7) is 0. The van der Waals surface area contributed by atoms with Gasteiger partial charge in [-0.2, -0.15) is 0 Å². The second kappa shape index (κ2) is 6.74. The van der Waals surface area contributed by atoms with Gasteiger partial charge in [0.1, 0.15) is 5.82 Å². The number of hydrogen-bond donors (Lipinski definition) is 2. The normalized spacial score (nSPS) is 12.4. The predicted molar refractivity (Wildman–Crippen MR) is 81.6 cm³/mol. The lowest BCUT2D eigenvalue weighted by molar-refractivity contribution is 0.510. The van der Waals surface area contributed by atoms with E-state index in [1.54, 1.807) is 30.3 Å². The average Bonchev–Trinajstić information content (AvgIpc) is 2.40. The van der Waals surface area contributed by atoms with Gasteiger partial charge < -0.3 is 0 Å². The summed E-state index contributed by atoms with van der Waals surface area (Å²) < 4.78 is 13.9. The second-order valence-corrected chi connectivity index (χ2v) is 5.61. The van der Waals surface area contributed by atoms with Crippen molar-refractivity contribution in [1.82, 2.24) is 5.43 Å². The van der Waals surface area contributed by atoms with E-state index in [9.17, 15) is 4.39 Å². The molecular formula is C14H12Cl3FN2. The first-order valence-corrected chi connectivity index (χ1v) is 6.99. The minimum atomic E-state index is -0.428. The van der Waals surface area contributed by atoms with E-state index in [0.717, 1.165) is 5.56 Å². The van der Waals surface area contributed by atoms with Crippen molar-refractivity contribution in [3.8, 4) is 0 Å². The van der Waals surface area contributed by atoms with Crippen LogP contribution in [0.3, 0.4) is 0 Å². The third-order valence-electron chi connectivity index (χ3n) is 2.97. The van der Waals surface area contributed by atoms with E-state index in [-0.39, 0.29) is 0 Å². The molecule has 2 aromatic rings. The number of nitrogens with one attached hydrogen (secondary N) is 1. The van der Waals surface area contributed by atoms with Crippen molar-refractivity contribution in [2.75, 3.05) is 0 Å². The predicted octanol–water partition coefficient (Wildman–Crippen LogP) is 4.53. The summed E-state index contributed by atoms with van der Waals surface area (Å²) in [5, 5.41) is 1.46. The molecule has 0 spiro atoms. The van der Waals surface area contributed by atoms with Crippen LogP contribution >= 0.6 is 34.8 Å². The van der Waals surface area contributed by atoms with Crippen molar-refractivity contribution in [1.29, 1.82) is 0 Å². The van der Waals surface area contributed by atoms with E-state index >= 15 is 0 Å². The molecular weight excluding hydrogens is 322 g/mol. The van der Waals surface area contributed by atoms with Gasteiger partial charge in [0, 0.05) is 20.6 Å². The van der Waals surface area contributed by atoms with Gasteiger partial charge in [-0.1, -0.05) is 40.9 Å². The van der Waals surface area contributed by atoms with Gasteiger partial charge >= 0.3 is 0 Å². The summed E-state index contributed by atoms with van der Waals surface area (Å²) in [4.78, 5) is 0. The van der Waals surface area contributed by atoms with Gasteiger partial charge in [-0.05, 0) is 42.3 Å². The van der Waals surface area contributed by atoms with E-state index in [4.69, 9.17) is 40.6 Å². The fourth-order valence-electron chi connectivity index (χ4n) is 1.96. The molecule has 106 valence electrons. The topological polar surface area (TPSA) is 38.0 Å². The second-order valence-electron chi connectivity index (χ2n) is 4.32. The summed E-state index contributed by atoms with van der Waals surface area (Å²) in [5.74, 6) is 5.10. The van der Waals surface area contributed by atoms with Crippen molar-refractivity contribution in [3.05, 3.63) is 68.4 Å². The molecule has 0 aromatic heterocycles. The van der Waals surface area contributed by atoms with Crippen LogP contribution in [0.5, 0.6) is 0 Å². The molecule has 0 radical (unpaired) electrons. The SMILES string of the molecule is NNC(Cc1cc(Cl)ccc1Cl)c1ccc(Cl)cc1F. The molecule has 0 amide bonds. The summed E-state index contributed by atoms with van der Waals surface area (Å²) in [6, 6.07) is 9.17. The Bertz CT molecular complexity index is 619. The Hall–Kier alpha value is -0.840. The molecule has 1 atom stereocenters. The summed E-state index contributed by atoms with van der Waals surface area (Å²) in [6.07, 6.45) is 0.411. The maximum absolute atomic E-state index is 13.9.